The van der Waals surface area contributed by atoms with Crippen molar-refractivity contribution in [3.8, 4) is 23.0 Å². The summed E-state index contributed by atoms with van der Waals surface area (Å²) in [4.78, 5) is 0. The average Bonchev–Trinajstić information content (AvgIpc) is 3.06. The zero-order chi connectivity index (χ0) is 34.1. The molecule has 0 amide bonds. The topological polar surface area (TPSA) is 70.5 Å². The summed E-state index contributed by atoms with van der Waals surface area (Å²) in [5, 5.41) is 0. The Kier molecular flexibility index (Phi) is 8.43. The van der Waals surface area contributed by atoms with E-state index in [4.69, 9.17) is 20.9 Å². The number of hydrogen-bond acceptors (Lipinski definition) is 4. The zero-order valence-corrected chi connectivity index (χ0v) is 25.1. The van der Waals surface area contributed by atoms with Crippen LogP contribution in [0.3, 0.4) is 0 Å². The highest BCUT2D eigenvalue weighted by molar-refractivity contribution is 5.77. The Bertz CT molecular complexity index is 1870. The Balaban J connectivity index is 1.49. The number of hydrogen-bond donors (Lipinski definition) is 2. The molecule has 0 saturated heterocycles. The molecule has 0 bridgehead atoms. The van der Waals surface area contributed by atoms with Crippen LogP contribution in [0, 0.1) is 0 Å². The van der Waals surface area contributed by atoms with E-state index >= 15 is 0 Å². The Morgan fingerprint density at radius 2 is 1.02 bits per heavy atom. The van der Waals surface area contributed by atoms with Crippen LogP contribution in [-0.4, -0.2) is 0 Å². The maximum Gasteiger partial charge on any atom is 0.419 e. The summed E-state index contributed by atoms with van der Waals surface area (Å²) in [7, 11) is 0. The molecule has 0 heterocycles. The van der Waals surface area contributed by atoms with Crippen molar-refractivity contribution < 1.29 is 35.8 Å². The molecular formula is C38H28F6N2O2. The molecule has 0 fully saturated rings. The Hall–Kier alpha value is -5.64. The van der Waals surface area contributed by atoms with Crippen LogP contribution in [0.5, 0.6) is 23.0 Å². The van der Waals surface area contributed by atoms with E-state index in [0.717, 1.165) is 23.3 Å². The van der Waals surface area contributed by atoms with Gasteiger partial charge in [-0.2, -0.15) is 26.3 Å². The SMILES string of the molecule is Nc1ccc(Oc2ccc(C3(c4ccc(Oc5ccc(N)cc5)c(C(F)(F)F)c4)C=CC(c4ccccc4)=CC3)cc2C(F)(F)F)cc1. The number of benzene rings is 5. The van der Waals surface area contributed by atoms with Crippen LogP contribution in [0.25, 0.3) is 5.57 Å². The molecular weight excluding hydrogens is 630 g/mol. The molecule has 0 atom stereocenters. The molecule has 5 aromatic carbocycles. The first-order chi connectivity index (χ1) is 22.8. The van der Waals surface area contributed by atoms with E-state index in [9.17, 15) is 26.3 Å². The Morgan fingerprint density at radius 3 is 1.42 bits per heavy atom. The molecule has 0 unspecified atom stereocenters. The van der Waals surface area contributed by atoms with E-state index in [2.05, 4.69) is 0 Å². The lowest BCUT2D eigenvalue weighted by Crippen LogP contribution is -2.28. The fraction of sp³-hybridized carbons (Fsp3) is 0.105. The van der Waals surface area contributed by atoms with Gasteiger partial charge in [0.05, 0.1) is 11.1 Å². The van der Waals surface area contributed by atoms with E-state index in [1.54, 1.807) is 12.2 Å². The molecule has 48 heavy (non-hydrogen) atoms. The van der Waals surface area contributed by atoms with Gasteiger partial charge in [0.1, 0.15) is 23.0 Å². The predicted octanol–water partition coefficient (Wildman–Crippen LogP) is 10.8. The zero-order valence-electron chi connectivity index (χ0n) is 25.1. The summed E-state index contributed by atoms with van der Waals surface area (Å²) in [6.07, 6.45) is -4.44. The number of rotatable bonds is 7. The molecule has 10 heteroatoms. The molecule has 244 valence electrons. The highest BCUT2D eigenvalue weighted by Crippen LogP contribution is 2.49. The third kappa shape index (κ3) is 6.73. The van der Waals surface area contributed by atoms with E-state index < -0.39 is 40.4 Å². The molecule has 1 aliphatic carbocycles. The van der Waals surface area contributed by atoms with E-state index in [-0.39, 0.29) is 29.0 Å². The van der Waals surface area contributed by atoms with Crippen molar-refractivity contribution in [2.75, 3.05) is 11.5 Å². The maximum atomic E-state index is 14.6. The fourth-order valence-corrected chi connectivity index (χ4v) is 5.64. The van der Waals surface area contributed by atoms with Crippen molar-refractivity contribution in [1.29, 1.82) is 0 Å². The highest BCUT2D eigenvalue weighted by Gasteiger charge is 2.41. The normalized spacial score (nSPS) is 14.3. The minimum Gasteiger partial charge on any atom is -0.457 e. The van der Waals surface area contributed by atoms with Crippen molar-refractivity contribution in [2.24, 2.45) is 0 Å². The van der Waals surface area contributed by atoms with Gasteiger partial charge in [-0.05, 0) is 101 Å². The third-order valence-electron chi connectivity index (χ3n) is 8.11. The number of nitrogens with two attached hydrogens (primary N) is 2. The lowest BCUT2D eigenvalue weighted by Gasteiger charge is -2.35. The second kappa shape index (κ2) is 12.5. The minimum absolute atomic E-state index is 0.0681. The maximum absolute atomic E-state index is 14.6. The van der Waals surface area contributed by atoms with E-state index in [0.29, 0.717) is 11.4 Å². The number of ether oxygens (including phenoxy) is 2. The summed E-state index contributed by atoms with van der Waals surface area (Å²) in [6.45, 7) is 0. The van der Waals surface area contributed by atoms with E-state index in [1.165, 1.54) is 72.8 Å². The van der Waals surface area contributed by atoms with Crippen LogP contribution in [0.15, 0.2) is 133 Å². The van der Waals surface area contributed by atoms with Gasteiger partial charge in [0.15, 0.2) is 0 Å². The molecule has 0 aromatic heterocycles. The molecule has 1 aliphatic rings. The molecule has 0 aliphatic heterocycles. The van der Waals surface area contributed by atoms with Gasteiger partial charge < -0.3 is 20.9 Å². The van der Waals surface area contributed by atoms with Crippen molar-refractivity contribution in [3.63, 3.8) is 0 Å². The minimum atomic E-state index is -4.85. The molecule has 0 saturated carbocycles. The number of halogens is 6. The van der Waals surface area contributed by atoms with Crippen LogP contribution >= 0.6 is 0 Å². The van der Waals surface area contributed by atoms with Crippen molar-refractivity contribution in [3.05, 3.63) is 161 Å². The Morgan fingerprint density at radius 1 is 0.562 bits per heavy atom. The smallest absolute Gasteiger partial charge is 0.419 e. The number of allylic oxidation sites excluding steroid dienone is 4. The largest absolute Gasteiger partial charge is 0.457 e. The van der Waals surface area contributed by atoms with Gasteiger partial charge in [0, 0.05) is 16.8 Å². The van der Waals surface area contributed by atoms with Crippen molar-refractivity contribution in [2.45, 2.75) is 24.2 Å². The number of anilines is 2. The second-order valence-electron chi connectivity index (χ2n) is 11.3. The van der Waals surface area contributed by atoms with Crippen LogP contribution in [-0.2, 0) is 17.8 Å². The summed E-state index contributed by atoms with van der Waals surface area (Å²) in [6, 6.07) is 28.2. The molecule has 6 rings (SSSR count). The van der Waals surface area contributed by atoms with Gasteiger partial charge in [-0.25, -0.2) is 0 Å². The second-order valence-corrected chi connectivity index (χ2v) is 11.3. The van der Waals surface area contributed by atoms with Crippen LogP contribution in [0.2, 0.25) is 0 Å². The Labute approximate surface area is 272 Å². The molecule has 0 radical (unpaired) electrons. The monoisotopic (exact) mass is 658 g/mol. The quantitative estimate of drug-likeness (QED) is 0.135. The molecule has 4 nitrogen and oxygen atoms in total. The molecule has 4 N–H and O–H groups in total. The van der Waals surface area contributed by atoms with E-state index in [1.807, 2.05) is 36.4 Å². The number of alkyl halides is 6. The van der Waals surface area contributed by atoms with Gasteiger partial charge in [-0.3, -0.25) is 0 Å². The summed E-state index contributed by atoms with van der Waals surface area (Å²) in [5.74, 6) is -0.655. The highest BCUT2D eigenvalue weighted by atomic mass is 19.4. The van der Waals surface area contributed by atoms with Gasteiger partial charge in [0.2, 0.25) is 0 Å². The lowest BCUT2D eigenvalue weighted by atomic mass is 9.68. The van der Waals surface area contributed by atoms with Crippen molar-refractivity contribution in [1.82, 2.24) is 0 Å². The summed E-state index contributed by atoms with van der Waals surface area (Å²) >= 11 is 0. The average molecular weight is 659 g/mol. The van der Waals surface area contributed by atoms with Gasteiger partial charge >= 0.3 is 12.4 Å². The fourth-order valence-electron chi connectivity index (χ4n) is 5.64. The van der Waals surface area contributed by atoms with Crippen LogP contribution in [0.1, 0.15) is 34.2 Å². The number of nitrogen functional groups attached to an aromatic ring is 2. The first-order valence-corrected chi connectivity index (χ1v) is 14.8. The van der Waals surface area contributed by atoms with Crippen LogP contribution < -0.4 is 20.9 Å². The third-order valence-corrected chi connectivity index (χ3v) is 8.11. The standard InChI is InChI=1S/C38H28F6N2O2/c39-37(40,41)32-22-26(6-16-34(32)47-30-12-8-28(45)9-13-30)36(20-18-25(19-21-36)24-4-2-1-3-5-24)27-7-17-35(33(23-27)38(42,43)44)48-31-14-10-29(46)11-15-31/h1-20,22-23H,21,45-46H2. The van der Waals surface area contributed by atoms with Crippen LogP contribution in [0.4, 0.5) is 37.7 Å². The van der Waals surface area contributed by atoms with Crippen molar-refractivity contribution >= 4 is 16.9 Å². The predicted molar refractivity (Wildman–Crippen MR) is 174 cm³/mol. The first-order valence-electron chi connectivity index (χ1n) is 14.8. The lowest BCUT2D eigenvalue weighted by molar-refractivity contribution is -0.139. The summed E-state index contributed by atoms with van der Waals surface area (Å²) < 4.78 is 98.7. The van der Waals surface area contributed by atoms with Gasteiger partial charge in [-0.15, -0.1) is 0 Å². The molecule has 5 aromatic rings. The van der Waals surface area contributed by atoms with Gasteiger partial charge in [0.25, 0.3) is 0 Å². The first kappa shape index (κ1) is 32.3. The molecule has 0 spiro atoms. The summed E-state index contributed by atoms with van der Waals surface area (Å²) in [5.41, 5.74) is 10.5. The van der Waals surface area contributed by atoms with Gasteiger partial charge in [-0.1, -0.05) is 60.7 Å².